The Kier molecular flexibility index (Phi) is 5.61. The highest BCUT2D eigenvalue weighted by atomic mass is 16.5. The Bertz CT molecular complexity index is 1120. The van der Waals surface area contributed by atoms with Crippen molar-refractivity contribution in [2.24, 2.45) is 18.9 Å². The van der Waals surface area contributed by atoms with E-state index in [0.717, 1.165) is 53.8 Å². The molecule has 2 heterocycles. The molecule has 1 aromatic carbocycles. The topological polar surface area (TPSA) is 78.2 Å². The molecule has 2 aromatic heterocycles. The highest BCUT2D eigenvalue weighted by Crippen LogP contribution is 2.31. The van der Waals surface area contributed by atoms with E-state index in [4.69, 9.17) is 4.74 Å². The molecule has 1 aliphatic rings. The first-order valence-electron chi connectivity index (χ1n) is 10.4. The number of imidazole rings is 1. The second-order valence-corrected chi connectivity index (χ2v) is 8.20. The lowest BCUT2D eigenvalue weighted by Crippen LogP contribution is -2.30. The summed E-state index contributed by atoms with van der Waals surface area (Å²) in [5, 5.41) is 3.01. The molecule has 7 nitrogen and oxygen atoms in total. The van der Waals surface area contributed by atoms with Crippen molar-refractivity contribution in [3.63, 3.8) is 0 Å². The van der Waals surface area contributed by atoms with Crippen LogP contribution in [0, 0.1) is 18.8 Å². The van der Waals surface area contributed by atoms with Gasteiger partial charge in [-0.2, -0.15) is 0 Å². The maximum absolute atomic E-state index is 12.8. The summed E-state index contributed by atoms with van der Waals surface area (Å²) >= 11 is 0. The number of hydrogen-bond donors (Lipinski definition) is 1. The van der Waals surface area contributed by atoms with Crippen molar-refractivity contribution < 1.29 is 9.53 Å². The Labute approximate surface area is 175 Å². The summed E-state index contributed by atoms with van der Waals surface area (Å²) in [6.45, 7) is 2.58. The predicted octanol–water partition coefficient (Wildman–Crippen LogP) is 3.50. The van der Waals surface area contributed by atoms with E-state index in [1.54, 1.807) is 24.9 Å². The summed E-state index contributed by atoms with van der Waals surface area (Å²) < 4.78 is 8.87. The number of aryl methyl sites for hydroxylation is 2. The average molecular weight is 409 g/mol. The van der Waals surface area contributed by atoms with Crippen LogP contribution in [-0.4, -0.2) is 27.1 Å². The number of anilines is 1. The molecular weight excluding hydrogens is 380 g/mol. The minimum Gasteiger partial charge on any atom is -0.497 e. The Morgan fingerprint density at radius 2 is 1.93 bits per heavy atom. The number of methoxy groups -OCH3 is 1. The predicted molar refractivity (Wildman–Crippen MR) is 117 cm³/mol. The molecule has 0 unspecified atom stereocenters. The van der Waals surface area contributed by atoms with Gasteiger partial charge in [0.15, 0.2) is 0 Å². The van der Waals surface area contributed by atoms with E-state index in [-0.39, 0.29) is 17.5 Å². The van der Waals surface area contributed by atoms with Crippen molar-refractivity contribution in [1.82, 2.24) is 14.1 Å². The highest BCUT2D eigenvalue weighted by molar-refractivity contribution is 5.92. The van der Waals surface area contributed by atoms with Gasteiger partial charge in [-0.3, -0.25) is 18.9 Å². The van der Waals surface area contributed by atoms with Gasteiger partial charge in [0.25, 0.3) is 0 Å². The standard InChI is InChI=1S/C23H28N4O3/c1-15-12-18(10-11-24-15)25-22(28)17-6-4-16(5-7-17)14-27-21-13-19(30-3)8-9-20(21)26(2)23(27)29/h8-13,16-17H,4-7,14H2,1-3H3,(H,24,25,28). The first-order valence-corrected chi connectivity index (χ1v) is 10.4. The maximum atomic E-state index is 12.8. The van der Waals surface area contributed by atoms with Crippen LogP contribution in [0.4, 0.5) is 5.69 Å². The second-order valence-electron chi connectivity index (χ2n) is 8.20. The van der Waals surface area contributed by atoms with Crippen molar-refractivity contribution in [3.8, 4) is 5.75 Å². The van der Waals surface area contributed by atoms with Gasteiger partial charge >= 0.3 is 5.69 Å². The van der Waals surface area contributed by atoms with E-state index in [0.29, 0.717) is 12.5 Å². The Hall–Kier alpha value is -3.09. The first kappa shape index (κ1) is 20.2. The van der Waals surface area contributed by atoms with Gasteiger partial charge in [-0.1, -0.05) is 0 Å². The molecular formula is C23H28N4O3. The molecule has 1 N–H and O–H groups in total. The molecule has 0 bridgehead atoms. The van der Waals surface area contributed by atoms with Crippen LogP contribution >= 0.6 is 0 Å². The van der Waals surface area contributed by atoms with Gasteiger partial charge in [-0.15, -0.1) is 0 Å². The molecule has 0 saturated heterocycles. The summed E-state index contributed by atoms with van der Waals surface area (Å²) in [6, 6.07) is 9.42. The summed E-state index contributed by atoms with van der Waals surface area (Å²) in [5.74, 6) is 1.21. The molecule has 4 rings (SSSR count). The SMILES string of the molecule is COc1ccc2c(c1)n(CC1CCC(C(=O)Nc3ccnc(C)c3)CC1)c(=O)n2C. The number of nitrogens with zero attached hydrogens (tertiary/aromatic N) is 3. The first-order chi connectivity index (χ1) is 14.5. The molecule has 0 spiro atoms. The molecule has 7 heteroatoms. The number of amides is 1. The third-order valence-electron chi connectivity index (χ3n) is 6.18. The zero-order chi connectivity index (χ0) is 21.3. The molecule has 0 aliphatic heterocycles. The summed E-state index contributed by atoms with van der Waals surface area (Å²) in [4.78, 5) is 29.6. The van der Waals surface area contributed by atoms with Gasteiger partial charge in [-0.25, -0.2) is 4.79 Å². The quantitative estimate of drug-likeness (QED) is 0.701. The van der Waals surface area contributed by atoms with Gasteiger partial charge < -0.3 is 10.1 Å². The number of carbonyl (C=O) groups is 1. The van der Waals surface area contributed by atoms with E-state index in [1.165, 1.54) is 0 Å². The Balaban J connectivity index is 1.42. The minimum absolute atomic E-state index is 0.00817. The van der Waals surface area contributed by atoms with Crippen molar-refractivity contribution >= 4 is 22.6 Å². The summed E-state index contributed by atoms with van der Waals surface area (Å²) in [5.41, 5.74) is 3.47. The number of nitrogens with one attached hydrogen (secondary N) is 1. The molecule has 30 heavy (non-hydrogen) atoms. The Morgan fingerprint density at radius 3 is 2.63 bits per heavy atom. The number of carbonyl (C=O) groups excluding carboxylic acids is 1. The normalized spacial score (nSPS) is 19.0. The van der Waals surface area contributed by atoms with Crippen LogP contribution in [0.1, 0.15) is 31.4 Å². The molecule has 3 aromatic rings. The van der Waals surface area contributed by atoms with E-state index in [1.807, 2.05) is 41.8 Å². The lowest BCUT2D eigenvalue weighted by molar-refractivity contribution is -0.121. The molecule has 1 aliphatic carbocycles. The van der Waals surface area contributed by atoms with E-state index in [2.05, 4.69) is 10.3 Å². The van der Waals surface area contributed by atoms with Crippen molar-refractivity contribution in [2.75, 3.05) is 12.4 Å². The molecule has 1 amide bonds. The van der Waals surface area contributed by atoms with E-state index >= 15 is 0 Å². The van der Waals surface area contributed by atoms with Crippen LogP contribution in [0.5, 0.6) is 5.75 Å². The van der Waals surface area contributed by atoms with Crippen LogP contribution in [0.25, 0.3) is 11.0 Å². The number of pyridine rings is 1. The van der Waals surface area contributed by atoms with Crippen molar-refractivity contribution in [2.45, 2.75) is 39.2 Å². The lowest BCUT2D eigenvalue weighted by Gasteiger charge is -2.28. The number of benzene rings is 1. The van der Waals surface area contributed by atoms with Crippen LogP contribution in [0.2, 0.25) is 0 Å². The van der Waals surface area contributed by atoms with Gasteiger partial charge in [0, 0.05) is 43.2 Å². The molecule has 0 radical (unpaired) electrons. The van der Waals surface area contributed by atoms with Crippen LogP contribution in [-0.2, 0) is 18.4 Å². The molecule has 1 saturated carbocycles. The zero-order valence-electron chi connectivity index (χ0n) is 17.7. The molecule has 158 valence electrons. The smallest absolute Gasteiger partial charge is 0.328 e. The third kappa shape index (κ3) is 3.97. The number of aromatic nitrogens is 3. The van der Waals surface area contributed by atoms with Crippen LogP contribution in [0.15, 0.2) is 41.3 Å². The van der Waals surface area contributed by atoms with E-state index < -0.39 is 0 Å². The van der Waals surface area contributed by atoms with Crippen molar-refractivity contribution in [3.05, 3.63) is 52.7 Å². The van der Waals surface area contributed by atoms with Gasteiger partial charge in [-0.05, 0) is 62.8 Å². The molecule has 1 fully saturated rings. The molecule has 0 atom stereocenters. The minimum atomic E-state index is -0.00817. The number of hydrogen-bond acceptors (Lipinski definition) is 4. The maximum Gasteiger partial charge on any atom is 0.328 e. The lowest BCUT2D eigenvalue weighted by atomic mass is 9.81. The monoisotopic (exact) mass is 408 g/mol. The number of ether oxygens (including phenoxy) is 1. The average Bonchev–Trinajstić information content (AvgIpc) is 2.98. The van der Waals surface area contributed by atoms with Crippen LogP contribution in [0.3, 0.4) is 0 Å². The summed E-state index contributed by atoms with van der Waals surface area (Å²) in [6.07, 6.45) is 5.24. The fourth-order valence-electron chi connectivity index (χ4n) is 4.43. The van der Waals surface area contributed by atoms with Crippen LogP contribution < -0.4 is 15.7 Å². The number of fused-ring (bicyclic) bond motifs is 1. The second kappa shape index (κ2) is 8.34. The fourth-order valence-corrected chi connectivity index (χ4v) is 4.43. The van der Waals surface area contributed by atoms with Gasteiger partial charge in [0.2, 0.25) is 5.91 Å². The van der Waals surface area contributed by atoms with Gasteiger partial charge in [0.1, 0.15) is 5.75 Å². The Morgan fingerprint density at radius 1 is 1.17 bits per heavy atom. The fraction of sp³-hybridized carbons (Fsp3) is 0.435. The number of rotatable bonds is 5. The zero-order valence-corrected chi connectivity index (χ0v) is 17.7. The summed E-state index contributed by atoms with van der Waals surface area (Å²) in [7, 11) is 3.43. The highest BCUT2D eigenvalue weighted by Gasteiger charge is 2.27. The van der Waals surface area contributed by atoms with E-state index in [9.17, 15) is 9.59 Å². The third-order valence-corrected chi connectivity index (χ3v) is 6.18. The van der Waals surface area contributed by atoms with Gasteiger partial charge in [0.05, 0.1) is 18.1 Å². The van der Waals surface area contributed by atoms with Crippen molar-refractivity contribution in [1.29, 1.82) is 0 Å². The largest absolute Gasteiger partial charge is 0.497 e.